The zero-order valence-corrected chi connectivity index (χ0v) is 11.7. The van der Waals surface area contributed by atoms with Gasteiger partial charge in [0.2, 0.25) is 0 Å². The van der Waals surface area contributed by atoms with Gasteiger partial charge in [-0.2, -0.15) is 0 Å². The number of aromatic nitrogens is 1. The lowest BCUT2D eigenvalue weighted by Crippen LogP contribution is -2.09. The average Bonchev–Trinajstić information content (AvgIpc) is 2.67. The van der Waals surface area contributed by atoms with Gasteiger partial charge in [0.15, 0.2) is 0 Å². The highest BCUT2D eigenvalue weighted by molar-refractivity contribution is 7.80. The van der Waals surface area contributed by atoms with Gasteiger partial charge >= 0.3 is 5.97 Å². The van der Waals surface area contributed by atoms with E-state index in [1.807, 2.05) is 13.0 Å². The normalized spacial score (nSPS) is 10.6. The van der Waals surface area contributed by atoms with Gasteiger partial charge < -0.3 is 10.5 Å². The molecule has 2 rings (SSSR count). The number of nitrogens with two attached hydrogens (primary N) is 1. The molecule has 0 fully saturated rings. The Hall–Kier alpha value is -1.53. The molecule has 0 amide bonds. The molecule has 0 saturated carbocycles. The Morgan fingerprint density at radius 3 is 2.94 bits per heavy atom. The van der Waals surface area contributed by atoms with Crippen LogP contribution >= 0.6 is 23.6 Å². The molecule has 2 heterocycles. The fourth-order valence-electron chi connectivity index (χ4n) is 1.62. The first-order chi connectivity index (χ1) is 8.54. The Balaban J connectivity index is 2.56. The summed E-state index contributed by atoms with van der Waals surface area (Å²) in [7, 11) is 0. The molecule has 0 aromatic carbocycles. The highest BCUT2D eigenvalue weighted by atomic mass is 32.1. The topological polar surface area (TPSA) is 65.2 Å². The van der Waals surface area contributed by atoms with Crippen LogP contribution in [0.15, 0.2) is 12.3 Å². The Morgan fingerprint density at radius 2 is 2.33 bits per heavy atom. The molecule has 2 aromatic heterocycles. The van der Waals surface area contributed by atoms with E-state index in [2.05, 4.69) is 4.98 Å². The molecule has 0 saturated heterocycles. The van der Waals surface area contributed by atoms with Gasteiger partial charge in [-0.25, -0.2) is 9.78 Å². The number of carbonyl (C=O) groups excluding carboxylic acids is 1. The van der Waals surface area contributed by atoms with Crippen LogP contribution < -0.4 is 5.73 Å². The number of pyridine rings is 1. The number of nitrogens with zero attached hydrogens (tertiary/aromatic N) is 1. The van der Waals surface area contributed by atoms with Crippen molar-refractivity contribution >= 4 is 44.7 Å². The number of thiocarbonyl (C=S) groups is 1. The molecule has 0 unspecified atom stereocenters. The van der Waals surface area contributed by atoms with E-state index in [9.17, 15) is 4.79 Å². The lowest BCUT2D eigenvalue weighted by atomic mass is 10.1. The lowest BCUT2D eigenvalue weighted by Gasteiger charge is -1.99. The molecule has 0 radical (unpaired) electrons. The van der Waals surface area contributed by atoms with Crippen molar-refractivity contribution < 1.29 is 9.53 Å². The summed E-state index contributed by atoms with van der Waals surface area (Å²) in [6, 6.07) is 1.86. The van der Waals surface area contributed by atoms with Crippen molar-refractivity contribution in [1.82, 2.24) is 4.98 Å². The van der Waals surface area contributed by atoms with Crippen molar-refractivity contribution in [3.63, 3.8) is 0 Å². The standard InChI is InChI=1S/C12H12N2O2S2/c1-3-16-12(15)9-6(2)8-4-7(10(13)17)5-14-11(8)18-9/h4-5H,3H2,1-2H3,(H2,13,17). The molecule has 0 bridgehead atoms. The van der Waals surface area contributed by atoms with Crippen LogP contribution in [-0.2, 0) is 4.74 Å². The van der Waals surface area contributed by atoms with Gasteiger partial charge in [0, 0.05) is 17.1 Å². The Morgan fingerprint density at radius 1 is 1.61 bits per heavy atom. The van der Waals surface area contributed by atoms with Crippen LogP contribution in [0.3, 0.4) is 0 Å². The van der Waals surface area contributed by atoms with Gasteiger partial charge in [-0.3, -0.25) is 0 Å². The zero-order chi connectivity index (χ0) is 13.3. The van der Waals surface area contributed by atoms with E-state index in [0.717, 1.165) is 15.8 Å². The fourth-order valence-corrected chi connectivity index (χ4v) is 2.76. The number of ether oxygens (including phenoxy) is 1. The molecule has 4 nitrogen and oxygen atoms in total. The second-order valence-corrected chi connectivity index (χ2v) is 5.16. The molecular weight excluding hydrogens is 268 g/mol. The van der Waals surface area contributed by atoms with Crippen molar-refractivity contribution in [1.29, 1.82) is 0 Å². The first-order valence-corrected chi connectivity index (χ1v) is 6.63. The van der Waals surface area contributed by atoms with E-state index >= 15 is 0 Å². The van der Waals surface area contributed by atoms with Crippen molar-refractivity contribution in [2.24, 2.45) is 5.73 Å². The third-order valence-corrected chi connectivity index (χ3v) is 3.97. The van der Waals surface area contributed by atoms with Crippen LogP contribution in [0.4, 0.5) is 0 Å². The Labute approximate surface area is 114 Å². The second kappa shape index (κ2) is 4.99. The van der Waals surface area contributed by atoms with Crippen molar-refractivity contribution in [3.8, 4) is 0 Å². The number of carbonyl (C=O) groups is 1. The minimum atomic E-state index is -0.310. The van der Waals surface area contributed by atoms with Crippen LogP contribution in [-0.4, -0.2) is 22.5 Å². The number of thiophene rings is 1. The highest BCUT2D eigenvalue weighted by Crippen LogP contribution is 2.30. The van der Waals surface area contributed by atoms with Crippen LogP contribution in [0.2, 0.25) is 0 Å². The summed E-state index contributed by atoms with van der Waals surface area (Å²) in [5, 5.41) is 0.897. The first-order valence-electron chi connectivity index (χ1n) is 5.40. The summed E-state index contributed by atoms with van der Waals surface area (Å²) in [6.07, 6.45) is 1.62. The summed E-state index contributed by atoms with van der Waals surface area (Å²) < 4.78 is 5.01. The molecule has 2 N–H and O–H groups in total. The van der Waals surface area contributed by atoms with Crippen LogP contribution in [0.5, 0.6) is 0 Å². The number of aryl methyl sites for hydroxylation is 1. The van der Waals surface area contributed by atoms with Gasteiger partial charge in [0.05, 0.1) is 6.61 Å². The lowest BCUT2D eigenvalue weighted by molar-refractivity contribution is 0.0531. The number of hydrogen-bond donors (Lipinski definition) is 1. The van der Waals surface area contributed by atoms with Gasteiger partial charge in [-0.1, -0.05) is 12.2 Å². The molecule has 0 aliphatic carbocycles. The van der Waals surface area contributed by atoms with E-state index in [4.69, 9.17) is 22.7 Å². The van der Waals surface area contributed by atoms with E-state index in [-0.39, 0.29) is 5.97 Å². The number of hydrogen-bond acceptors (Lipinski definition) is 5. The molecule has 6 heteroatoms. The summed E-state index contributed by atoms with van der Waals surface area (Å²) >= 11 is 6.24. The molecule has 0 spiro atoms. The maximum absolute atomic E-state index is 11.8. The Bertz CT molecular complexity index is 634. The number of rotatable bonds is 3. The van der Waals surface area contributed by atoms with E-state index in [1.165, 1.54) is 11.3 Å². The average molecular weight is 280 g/mol. The quantitative estimate of drug-likeness (QED) is 0.691. The van der Waals surface area contributed by atoms with Gasteiger partial charge in [-0.15, -0.1) is 11.3 Å². The van der Waals surface area contributed by atoms with Gasteiger partial charge in [-0.05, 0) is 25.5 Å². The predicted octanol–water partition coefficient (Wildman–Crippen LogP) is 2.42. The third-order valence-electron chi connectivity index (χ3n) is 2.54. The fraction of sp³-hybridized carbons (Fsp3) is 0.250. The SMILES string of the molecule is CCOC(=O)c1sc2ncc(C(N)=S)cc2c1C. The van der Waals surface area contributed by atoms with Gasteiger partial charge in [0.25, 0.3) is 0 Å². The first kappa shape index (κ1) is 12.9. The number of fused-ring (bicyclic) bond motifs is 1. The monoisotopic (exact) mass is 280 g/mol. The van der Waals surface area contributed by atoms with E-state index < -0.39 is 0 Å². The molecular formula is C12H12N2O2S2. The van der Waals surface area contributed by atoms with Crippen LogP contribution in [0.1, 0.15) is 27.7 Å². The van der Waals surface area contributed by atoms with Crippen molar-refractivity contribution in [2.45, 2.75) is 13.8 Å². The second-order valence-electron chi connectivity index (χ2n) is 3.72. The third kappa shape index (κ3) is 2.21. The minimum Gasteiger partial charge on any atom is -0.462 e. The predicted molar refractivity (Wildman–Crippen MR) is 76.2 cm³/mol. The van der Waals surface area contributed by atoms with Crippen LogP contribution in [0.25, 0.3) is 10.2 Å². The largest absolute Gasteiger partial charge is 0.462 e. The maximum Gasteiger partial charge on any atom is 0.348 e. The van der Waals surface area contributed by atoms with Gasteiger partial charge in [0.1, 0.15) is 14.7 Å². The van der Waals surface area contributed by atoms with Crippen molar-refractivity contribution in [2.75, 3.05) is 6.61 Å². The smallest absolute Gasteiger partial charge is 0.348 e. The van der Waals surface area contributed by atoms with Crippen molar-refractivity contribution in [3.05, 3.63) is 28.3 Å². The van der Waals surface area contributed by atoms with E-state index in [1.54, 1.807) is 13.1 Å². The molecule has 0 atom stereocenters. The highest BCUT2D eigenvalue weighted by Gasteiger charge is 2.17. The Kier molecular flexibility index (Phi) is 3.58. The summed E-state index contributed by atoms with van der Waals surface area (Å²) in [4.78, 5) is 17.7. The summed E-state index contributed by atoms with van der Waals surface area (Å²) in [6.45, 7) is 4.01. The molecule has 0 aliphatic heterocycles. The zero-order valence-electron chi connectivity index (χ0n) is 10.0. The molecule has 18 heavy (non-hydrogen) atoms. The molecule has 2 aromatic rings. The van der Waals surface area contributed by atoms with Crippen LogP contribution in [0, 0.1) is 6.92 Å². The maximum atomic E-state index is 11.8. The summed E-state index contributed by atoms with van der Waals surface area (Å²) in [5.74, 6) is -0.310. The molecule has 0 aliphatic rings. The minimum absolute atomic E-state index is 0.299. The summed E-state index contributed by atoms with van der Waals surface area (Å²) in [5.41, 5.74) is 7.14. The van der Waals surface area contributed by atoms with E-state index in [0.29, 0.717) is 22.0 Å². The molecule has 94 valence electrons. The number of esters is 1.